The van der Waals surface area contributed by atoms with E-state index in [9.17, 15) is 0 Å². The van der Waals surface area contributed by atoms with Gasteiger partial charge in [-0.3, -0.25) is 0 Å². The smallest absolute Gasteiger partial charge is 0.104 e. The van der Waals surface area contributed by atoms with Crippen molar-refractivity contribution in [2.45, 2.75) is 26.6 Å². The minimum absolute atomic E-state index is 0.113. The Kier molecular flexibility index (Phi) is 6.90. The Morgan fingerprint density at radius 3 is 2.94 bits per heavy atom. The van der Waals surface area contributed by atoms with Crippen molar-refractivity contribution in [3.8, 4) is 11.8 Å². The van der Waals surface area contributed by atoms with Crippen molar-refractivity contribution in [2.24, 2.45) is 0 Å². The van der Waals surface area contributed by atoms with Crippen LogP contribution in [0.15, 0.2) is 11.4 Å². The number of hydrogen-bond acceptors (Lipinski definition) is 4. The topological polar surface area (TPSA) is 38.7 Å². The van der Waals surface area contributed by atoms with Crippen molar-refractivity contribution in [1.82, 2.24) is 0 Å². The van der Waals surface area contributed by atoms with Gasteiger partial charge in [0.05, 0.1) is 25.9 Å². The number of ether oxygens (including phenoxy) is 2. The molecule has 1 aromatic heterocycles. The Bertz CT molecular complexity index is 374. The molecule has 0 atom stereocenters. The third-order valence-electron chi connectivity index (χ3n) is 1.96. The molecule has 4 heteroatoms. The molecule has 0 amide bonds. The standard InChI is InChI=1S/C13H18O3S/c1-11(2)16-8-7-15-10-13-12(4-3-6-14)5-9-17-13/h5,9,11,14H,6-8,10H2,1-2H3. The fourth-order valence-electron chi connectivity index (χ4n) is 1.21. The Morgan fingerprint density at radius 1 is 1.41 bits per heavy atom. The van der Waals surface area contributed by atoms with Gasteiger partial charge in [-0.05, 0) is 25.3 Å². The van der Waals surface area contributed by atoms with E-state index in [-0.39, 0.29) is 12.7 Å². The highest BCUT2D eigenvalue weighted by Gasteiger charge is 2.02. The van der Waals surface area contributed by atoms with Gasteiger partial charge in [-0.15, -0.1) is 11.3 Å². The Balaban J connectivity index is 2.29. The highest BCUT2D eigenvalue weighted by Crippen LogP contribution is 2.16. The first-order valence-corrected chi connectivity index (χ1v) is 6.47. The second-order valence-corrected chi connectivity index (χ2v) is 4.69. The molecule has 1 rings (SSSR count). The van der Waals surface area contributed by atoms with Crippen LogP contribution >= 0.6 is 11.3 Å². The van der Waals surface area contributed by atoms with Crippen molar-refractivity contribution in [3.05, 3.63) is 21.9 Å². The molecule has 0 unspecified atom stereocenters. The zero-order valence-electron chi connectivity index (χ0n) is 10.2. The molecule has 0 bridgehead atoms. The van der Waals surface area contributed by atoms with Crippen LogP contribution in [0.5, 0.6) is 0 Å². The SMILES string of the molecule is CC(C)OCCOCc1sccc1C#CCO. The lowest BCUT2D eigenvalue weighted by Crippen LogP contribution is -2.09. The normalized spacial score (nSPS) is 10.4. The molecule has 0 aliphatic carbocycles. The summed E-state index contributed by atoms with van der Waals surface area (Å²) in [7, 11) is 0. The van der Waals surface area contributed by atoms with Gasteiger partial charge in [0.2, 0.25) is 0 Å². The van der Waals surface area contributed by atoms with Crippen molar-refractivity contribution in [3.63, 3.8) is 0 Å². The Morgan fingerprint density at radius 2 is 2.24 bits per heavy atom. The average Bonchev–Trinajstić information content (AvgIpc) is 2.73. The van der Waals surface area contributed by atoms with Gasteiger partial charge < -0.3 is 14.6 Å². The first-order valence-electron chi connectivity index (χ1n) is 5.59. The molecular formula is C13H18O3S. The lowest BCUT2D eigenvalue weighted by molar-refractivity contribution is 0.0149. The summed E-state index contributed by atoms with van der Waals surface area (Å²) in [5, 5.41) is 10.6. The lowest BCUT2D eigenvalue weighted by Gasteiger charge is -2.07. The number of thiophene rings is 1. The second kappa shape index (κ2) is 8.26. The van der Waals surface area contributed by atoms with E-state index in [1.165, 1.54) is 0 Å². The largest absolute Gasteiger partial charge is 0.384 e. The molecule has 0 spiro atoms. The highest BCUT2D eigenvalue weighted by molar-refractivity contribution is 7.10. The van der Waals surface area contributed by atoms with Gasteiger partial charge >= 0.3 is 0 Å². The van der Waals surface area contributed by atoms with Gasteiger partial charge in [0.25, 0.3) is 0 Å². The molecule has 0 radical (unpaired) electrons. The van der Waals surface area contributed by atoms with Crippen LogP contribution < -0.4 is 0 Å². The van der Waals surface area contributed by atoms with Crippen LogP contribution in [0.25, 0.3) is 0 Å². The molecule has 17 heavy (non-hydrogen) atoms. The van der Waals surface area contributed by atoms with Gasteiger partial charge in [-0.25, -0.2) is 0 Å². The zero-order chi connectivity index (χ0) is 12.5. The first kappa shape index (κ1) is 14.2. The van der Waals surface area contributed by atoms with E-state index in [0.717, 1.165) is 10.4 Å². The van der Waals surface area contributed by atoms with E-state index < -0.39 is 0 Å². The van der Waals surface area contributed by atoms with E-state index >= 15 is 0 Å². The summed E-state index contributed by atoms with van der Waals surface area (Å²) in [5.74, 6) is 5.54. The summed E-state index contributed by atoms with van der Waals surface area (Å²) in [6, 6.07) is 1.94. The maximum Gasteiger partial charge on any atom is 0.104 e. The van der Waals surface area contributed by atoms with Gasteiger partial charge in [0, 0.05) is 10.4 Å². The molecule has 0 aromatic carbocycles. The van der Waals surface area contributed by atoms with E-state index in [1.54, 1.807) is 11.3 Å². The van der Waals surface area contributed by atoms with Crippen molar-refractivity contribution in [1.29, 1.82) is 0 Å². The lowest BCUT2D eigenvalue weighted by atomic mass is 10.2. The minimum atomic E-state index is -0.113. The molecule has 3 nitrogen and oxygen atoms in total. The molecule has 1 N–H and O–H groups in total. The number of aliphatic hydroxyl groups is 1. The van der Waals surface area contributed by atoms with E-state index in [1.807, 2.05) is 25.3 Å². The molecule has 0 saturated carbocycles. The quantitative estimate of drug-likeness (QED) is 0.623. The second-order valence-electron chi connectivity index (χ2n) is 3.69. The maximum absolute atomic E-state index is 8.64. The molecule has 0 fully saturated rings. The average molecular weight is 254 g/mol. The van der Waals surface area contributed by atoms with Crippen molar-refractivity contribution in [2.75, 3.05) is 19.8 Å². The molecular weight excluding hydrogens is 236 g/mol. The third kappa shape index (κ3) is 5.85. The van der Waals surface area contributed by atoms with Crippen LogP contribution in [-0.2, 0) is 16.1 Å². The van der Waals surface area contributed by atoms with Crippen LogP contribution in [0.1, 0.15) is 24.3 Å². The zero-order valence-corrected chi connectivity index (χ0v) is 11.0. The maximum atomic E-state index is 8.64. The molecule has 0 aliphatic heterocycles. The van der Waals surface area contributed by atoms with Crippen LogP contribution in [0.3, 0.4) is 0 Å². The van der Waals surface area contributed by atoms with Gasteiger partial charge in [-0.1, -0.05) is 11.8 Å². The summed E-state index contributed by atoms with van der Waals surface area (Å²) in [5.41, 5.74) is 0.939. The molecule has 1 aromatic rings. The summed E-state index contributed by atoms with van der Waals surface area (Å²) in [4.78, 5) is 1.09. The number of hydrogen-bond donors (Lipinski definition) is 1. The minimum Gasteiger partial charge on any atom is -0.384 e. The third-order valence-corrected chi connectivity index (χ3v) is 2.85. The number of aliphatic hydroxyl groups excluding tert-OH is 1. The first-order chi connectivity index (χ1) is 8.24. The summed E-state index contributed by atoms with van der Waals surface area (Å²) >= 11 is 1.61. The monoisotopic (exact) mass is 254 g/mol. The van der Waals surface area contributed by atoms with Gasteiger partial charge in [-0.2, -0.15) is 0 Å². The van der Waals surface area contributed by atoms with Crippen molar-refractivity contribution >= 4 is 11.3 Å². The van der Waals surface area contributed by atoms with Crippen LogP contribution in [-0.4, -0.2) is 31.0 Å². The fourth-order valence-corrected chi connectivity index (χ4v) is 1.97. The molecule has 1 heterocycles. The molecule has 0 saturated heterocycles. The van der Waals surface area contributed by atoms with Gasteiger partial charge in [0.15, 0.2) is 0 Å². The Labute approximate surface area is 106 Å². The highest BCUT2D eigenvalue weighted by atomic mass is 32.1. The van der Waals surface area contributed by atoms with Crippen molar-refractivity contribution < 1.29 is 14.6 Å². The summed E-state index contributed by atoms with van der Waals surface area (Å²) < 4.78 is 10.9. The predicted octanol–water partition coefficient (Wildman–Crippen LogP) is 2.03. The number of rotatable bonds is 6. The van der Waals surface area contributed by atoms with E-state index in [2.05, 4.69) is 11.8 Å². The van der Waals surface area contributed by atoms with Crippen LogP contribution in [0.4, 0.5) is 0 Å². The Hall–Kier alpha value is -0.860. The van der Waals surface area contributed by atoms with Crippen LogP contribution in [0, 0.1) is 11.8 Å². The van der Waals surface area contributed by atoms with Crippen LogP contribution in [0.2, 0.25) is 0 Å². The van der Waals surface area contributed by atoms with Gasteiger partial charge in [0.1, 0.15) is 6.61 Å². The summed E-state index contributed by atoms with van der Waals surface area (Å²) in [6.45, 7) is 5.64. The summed E-state index contributed by atoms with van der Waals surface area (Å²) in [6.07, 6.45) is 0.242. The fraction of sp³-hybridized carbons (Fsp3) is 0.538. The van der Waals surface area contributed by atoms with E-state index in [0.29, 0.717) is 19.8 Å². The van der Waals surface area contributed by atoms with E-state index in [4.69, 9.17) is 14.6 Å². The molecule has 94 valence electrons. The molecule has 0 aliphatic rings. The predicted molar refractivity (Wildman–Crippen MR) is 69.0 cm³/mol.